The van der Waals surface area contributed by atoms with Crippen LogP contribution in [0.1, 0.15) is 11.4 Å². The summed E-state index contributed by atoms with van der Waals surface area (Å²) in [6, 6.07) is 8.40. The fourth-order valence-electron chi connectivity index (χ4n) is 2.51. The Kier molecular flexibility index (Phi) is 6.72. The fraction of sp³-hybridized carbons (Fsp3) is 0.211. The largest absolute Gasteiger partial charge is 0.346 e. The molecule has 0 atom stereocenters. The van der Waals surface area contributed by atoms with Crippen molar-refractivity contribution in [3.8, 4) is 5.82 Å². The van der Waals surface area contributed by atoms with Crippen LogP contribution in [0.3, 0.4) is 0 Å². The summed E-state index contributed by atoms with van der Waals surface area (Å²) >= 11 is 1.16. The molecule has 0 spiro atoms. The third-order valence-corrected chi connectivity index (χ3v) is 4.77. The minimum Gasteiger partial charge on any atom is -0.346 e. The van der Waals surface area contributed by atoms with E-state index in [1.165, 1.54) is 6.07 Å². The molecule has 0 unspecified atom stereocenters. The molecule has 2 amide bonds. The van der Waals surface area contributed by atoms with Gasteiger partial charge in [0.15, 0.2) is 17.5 Å². The molecule has 0 fully saturated rings. The molecule has 0 aliphatic rings. The summed E-state index contributed by atoms with van der Waals surface area (Å²) in [4.78, 5) is 23.7. The first-order valence-electron chi connectivity index (χ1n) is 8.83. The van der Waals surface area contributed by atoms with Gasteiger partial charge in [-0.1, -0.05) is 11.8 Å². The van der Waals surface area contributed by atoms with E-state index >= 15 is 0 Å². The van der Waals surface area contributed by atoms with Crippen molar-refractivity contribution in [3.05, 3.63) is 59.4 Å². The van der Waals surface area contributed by atoms with Crippen LogP contribution in [-0.2, 0) is 9.59 Å². The van der Waals surface area contributed by atoms with Crippen molar-refractivity contribution >= 4 is 29.3 Å². The molecule has 11 heteroatoms. The zero-order chi connectivity index (χ0) is 21.7. The highest BCUT2D eigenvalue weighted by atomic mass is 32.2. The number of rotatable bonds is 7. The molecule has 0 aliphatic heterocycles. The van der Waals surface area contributed by atoms with E-state index in [9.17, 15) is 18.4 Å². The molecule has 0 radical (unpaired) electrons. The van der Waals surface area contributed by atoms with Crippen LogP contribution in [0.2, 0.25) is 0 Å². The highest BCUT2D eigenvalue weighted by Crippen LogP contribution is 2.16. The van der Waals surface area contributed by atoms with Gasteiger partial charge >= 0.3 is 0 Å². The molecule has 0 saturated heterocycles. The number of hydrogen-bond donors (Lipinski definition) is 2. The van der Waals surface area contributed by atoms with Crippen LogP contribution in [0, 0.1) is 25.5 Å². The molecule has 0 bridgehead atoms. The summed E-state index contributed by atoms with van der Waals surface area (Å²) in [7, 11) is 0. The van der Waals surface area contributed by atoms with Crippen LogP contribution in [0.5, 0.6) is 0 Å². The summed E-state index contributed by atoms with van der Waals surface area (Å²) in [5.74, 6) is -2.42. The molecule has 156 valence electrons. The predicted molar refractivity (Wildman–Crippen MR) is 107 cm³/mol. The minimum atomic E-state index is -1.07. The summed E-state index contributed by atoms with van der Waals surface area (Å²) in [6.07, 6.45) is 0. The van der Waals surface area contributed by atoms with Gasteiger partial charge in [0, 0.05) is 17.4 Å². The normalized spacial score (nSPS) is 10.7. The molecule has 3 rings (SSSR count). The van der Waals surface area contributed by atoms with Crippen molar-refractivity contribution in [2.45, 2.75) is 18.9 Å². The van der Waals surface area contributed by atoms with Gasteiger partial charge in [-0.25, -0.2) is 13.5 Å². The maximum atomic E-state index is 13.1. The van der Waals surface area contributed by atoms with E-state index in [2.05, 4.69) is 25.9 Å². The van der Waals surface area contributed by atoms with Crippen LogP contribution < -0.4 is 10.6 Å². The molecule has 3 aromatic rings. The number of halogens is 2. The SMILES string of the molecule is Cc1cc(C)n(-c2ccc(SCC(=O)NCC(=O)Nc3ccc(F)c(F)c3)nn2)n1. The quantitative estimate of drug-likeness (QED) is 0.556. The molecular weight excluding hydrogens is 414 g/mol. The van der Waals surface area contributed by atoms with Gasteiger partial charge in [0.05, 0.1) is 18.0 Å². The standard InChI is InChI=1S/C19H18F2N6O2S/c1-11-7-12(2)27(26-11)16-5-6-19(25-24-16)30-10-18(29)22-9-17(28)23-13-3-4-14(20)15(21)8-13/h3-8H,9-10H2,1-2H3,(H,22,29)(H,23,28). The lowest BCUT2D eigenvalue weighted by atomic mass is 10.3. The van der Waals surface area contributed by atoms with E-state index in [0.29, 0.717) is 10.8 Å². The molecule has 2 N–H and O–H groups in total. The Morgan fingerprint density at radius 1 is 1.03 bits per heavy atom. The predicted octanol–water partition coefficient (Wildman–Crippen LogP) is 2.40. The van der Waals surface area contributed by atoms with Gasteiger partial charge in [0.25, 0.3) is 0 Å². The van der Waals surface area contributed by atoms with E-state index in [4.69, 9.17) is 0 Å². The number of nitrogens with one attached hydrogen (secondary N) is 2. The van der Waals surface area contributed by atoms with Gasteiger partial charge in [-0.05, 0) is 44.2 Å². The monoisotopic (exact) mass is 432 g/mol. The molecule has 1 aromatic carbocycles. The maximum absolute atomic E-state index is 13.1. The first kappa shape index (κ1) is 21.4. The number of carbonyl (C=O) groups excluding carboxylic acids is 2. The highest BCUT2D eigenvalue weighted by molar-refractivity contribution is 7.99. The van der Waals surface area contributed by atoms with Crippen LogP contribution >= 0.6 is 11.8 Å². The van der Waals surface area contributed by atoms with Gasteiger partial charge in [-0.3, -0.25) is 9.59 Å². The van der Waals surface area contributed by atoms with Gasteiger partial charge < -0.3 is 10.6 Å². The van der Waals surface area contributed by atoms with Crippen LogP contribution in [0.15, 0.2) is 41.4 Å². The molecule has 2 heterocycles. The number of aryl methyl sites for hydroxylation is 2. The average molecular weight is 432 g/mol. The van der Waals surface area contributed by atoms with Gasteiger partial charge in [0.2, 0.25) is 11.8 Å². The smallest absolute Gasteiger partial charge is 0.243 e. The second-order valence-corrected chi connectivity index (χ2v) is 7.31. The van der Waals surface area contributed by atoms with Crippen molar-refractivity contribution < 1.29 is 18.4 Å². The second kappa shape index (κ2) is 9.44. The summed E-state index contributed by atoms with van der Waals surface area (Å²) in [5, 5.41) is 17.9. The van der Waals surface area contributed by atoms with E-state index in [0.717, 1.165) is 35.3 Å². The van der Waals surface area contributed by atoms with Crippen LogP contribution in [0.4, 0.5) is 14.5 Å². The van der Waals surface area contributed by atoms with Crippen molar-refractivity contribution in [2.75, 3.05) is 17.6 Å². The summed E-state index contributed by atoms with van der Waals surface area (Å²) in [6.45, 7) is 3.50. The number of thioether (sulfide) groups is 1. The minimum absolute atomic E-state index is 0.0341. The zero-order valence-electron chi connectivity index (χ0n) is 16.1. The Labute approximate surface area is 175 Å². The third kappa shape index (κ3) is 5.60. The van der Waals surface area contributed by atoms with Crippen LogP contribution in [0.25, 0.3) is 5.82 Å². The fourth-order valence-corrected chi connectivity index (χ4v) is 3.16. The third-order valence-electron chi connectivity index (χ3n) is 3.85. The molecule has 0 saturated carbocycles. The molecule has 0 aliphatic carbocycles. The van der Waals surface area contributed by atoms with E-state index in [1.807, 2.05) is 19.9 Å². The zero-order valence-corrected chi connectivity index (χ0v) is 17.0. The molecular formula is C19H18F2N6O2S. The number of amides is 2. The van der Waals surface area contributed by atoms with Gasteiger partial charge in [0.1, 0.15) is 5.03 Å². The number of carbonyl (C=O) groups is 2. The van der Waals surface area contributed by atoms with E-state index < -0.39 is 17.5 Å². The number of nitrogens with zero attached hydrogens (tertiary/aromatic N) is 4. The number of benzene rings is 1. The second-order valence-electron chi connectivity index (χ2n) is 6.31. The lowest BCUT2D eigenvalue weighted by Crippen LogP contribution is -2.33. The van der Waals surface area contributed by atoms with Crippen molar-refractivity contribution in [1.82, 2.24) is 25.3 Å². The van der Waals surface area contributed by atoms with Crippen molar-refractivity contribution in [2.24, 2.45) is 0 Å². The Bertz CT molecular complexity index is 1070. The Balaban J connectivity index is 1.44. The van der Waals surface area contributed by atoms with Crippen LogP contribution in [-0.4, -0.2) is 44.1 Å². The number of anilines is 1. The lowest BCUT2D eigenvalue weighted by molar-refractivity contribution is -0.122. The van der Waals surface area contributed by atoms with E-state index in [-0.39, 0.29) is 23.9 Å². The first-order valence-corrected chi connectivity index (χ1v) is 9.82. The van der Waals surface area contributed by atoms with E-state index in [1.54, 1.807) is 16.8 Å². The first-order chi connectivity index (χ1) is 14.3. The summed E-state index contributed by atoms with van der Waals surface area (Å²) < 4.78 is 27.7. The number of hydrogen-bond acceptors (Lipinski definition) is 6. The van der Waals surface area contributed by atoms with Crippen molar-refractivity contribution in [1.29, 1.82) is 0 Å². The average Bonchev–Trinajstić information content (AvgIpc) is 3.06. The Morgan fingerprint density at radius 2 is 1.83 bits per heavy atom. The lowest BCUT2D eigenvalue weighted by Gasteiger charge is -2.07. The van der Waals surface area contributed by atoms with Crippen molar-refractivity contribution in [3.63, 3.8) is 0 Å². The molecule has 2 aromatic heterocycles. The Hall–Kier alpha value is -3.34. The topological polar surface area (TPSA) is 102 Å². The van der Waals surface area contributed by atoms with Gasteiger partial charge in [-0.15, -0.1) is 10.2 Å². The maximum Gasteiger partial charge on any atom is 0.243 e. The Morgan fingerprint density at radius 3 is 2.47 bits per heavy atom. The highest BCUT2D eigenvalue weighted by Gasteiger charge is 2.10. The van der Waals surface area contributed by atoms with Gasteiger partial charge in [-0.2, -0.15) is 5.10 Å². The molecule has 8 nitrogen and oxygen atoms in total. The number of aromatic nitrogens is 4. The molecule has 30 heavy (non-hydrogen) atoms. The summed E-state index contributed by atoms with van der Waals surface area (Å²) in [5.41, 5.74) is 1.90.